The molecule has 1 saturated carbocycles. The molecule has 4 heterocycles. The average molecular weight is 500 g/mol. The Balaban J connectivity index is 1.43. The van der Waals surface area contributed by atoms with Gasteiger partial charge in [-0.3, -0.25) is 19.6 Å². The summed E-state index contributed by atoms with van der Waals surface area (Å²) in [4.78, 5) is 21.4. The summed E-state index contributed by atoms with van der Waals surface area (Å²) in [5, 5.41) is 16.1. The lowest BCUT2D eigenvalue weighted by molar-refractivity contribution is 0.0260. The Labute approximate surface area is 203 Å². The summed E-state index contributed by atoms with van der Waals surface area (Å²) in [6, 6.07) is 0.982. The second-order valence-electron chi connectivity index (χ2n) is 8.19. The third kappa shape index (κ3) is 4.84. The van der Waals surface area contributed by atoms with Gasteiger partial charge >= 0.3 is 0 Å². The van der Waals surface area contributed by atoms with E-state index in [-0.39, 0.29) is 34.9 Å². The first-order valence-corrected chi connectivity index (χ1v) is 12.2. The first-order valence-electron chi connectivity index (χ1n) is 11.3. The minimum Gasteiger partial charge on any atom is -0.379 e. The van der Waals surface area contributed by atoms with E-state index < -0.39 is 17.5 Å². The predicted octanol–water partition coefficient (Wildman–Crippen LogP) is 4.84. The molecule has 1 aliphatic rings. The predicted molar refractivity (Wildman–Crippen MR) is 126 cm³/mol. The van der Waals surface area contributed by atoms with Gasteiger partial charge in [-0.1, -0.05) is 0 Å². The molecule has 1 amide bonds. The molecule has 0 atom stereocenters. The zero-order valence-corrected chi connectivity index (χ0v) is 19.7. The van der Waals surface area contributed by atoms with Gasteiger partial charge in [0, 0.05) is 36.1 Å². The Morgan fingerprint density at radius 2 is 2.11 bits per heavy atom. The summed E-state index contributed by atoms with van der Waals surface area (Å²) < 4.78 is 36.0. The second kappa shape index (κ2) is 10.0. The van der Waals surface area contributed by atoms with Crippen LogP contribution in [0.3, 0.4) is 0 Å². The normalized spacial score (nSPS) is 18.0. The molecule has 0 unspecified atom stereocenters. The van der Waals surface area contributed by atoms with Gasteiger partial charge in [-0.15, -0.1) is 11.3 Å². The number of nitrogens with one attached hydrogen (secondary N) is 2. The van der Waals surface area contributed by atoms with Gasteiger partial charge in [-0.2, -0.15) is 10.2 Å². The molecule has 2 N–H and O–H groups in total. The van der Waals surface area contributed by atoms with Crippen LogP contribution >= 0.6 is 11.3 Å². The summed E-state index contributed by atoms with van der Waals surface area (Å²) in [6.07, 6.45) is 9.70. The topological polar surface area (TPSA) is 111 Å². The van der Waals surface area contributed by atoms with Gasteiger partial charge in [0.25, 0.3) is 5.91 Å². The van der Waals surface area contributed by atoms with Crippen LogP contribution < -0.4 is 5.32 Å². The fourth-order valence-electron chi connectivity index (χ4n) is 4.21. The third-order valence-corrected chi connectivity index (χ3v) is 6.84. The number of halogens is 2. The number of nitrogens with zero attached hydrogens (tertiary/aromatic N) is 5. The quantitative estimate of drug-likeness (QED) is 0.376. The molecule has 182 valence electrons. The molecule has 0 aromatic carbocycles. The van der Waals surface area contributed by atoms with E-state index in [9.17, 15) is 13.6 Å². The van der Waals surface area contributed by atoms with E-state index in [1.54, 1.807) is 28.7 Å². The van der Waals surface area contributed by atoms with Crippen LogP contribution in [0.5, 0.6) is 0 Å². The van der Waals surface area contributed by atoms with Crippen molar-refractivity contribution in [1.29, 1.82) is 0 Å². The molecule has 0 spiro atoms. The van der Waals surface area contributed by atoms with Crippen LogP contribution in [0.25, 0.3) is 22.0 Å². The van der Waals surface area contributed by atoms with E-state index in [1.165, 1.54) is 17.5 Å². The lowest BCUT2D eigenvalue weighted by Gasteiger charge is -2.28. The van der Waals surface area contributed by atoms with E-state index in [0.717, 1.165) is 37.3 Å². The van der Waals surface area contributed by atoms with Crippen molar-refractivity contribution in [3.8, 4) is 22.0 Å². The minimum absolute atomic E-state index is 0.0414. The molecule has 1 fully saturated rings. The molecular formula is C23H23F2N7O2S. The average Bonchev–Trinajstić information content (AvgIpc) is 3.62. The molecular weight excluding hydrogens is 476 g/mol. The number of thiazole rings is 1. The maximum Gasteiger partial charge on any atom is 0.275 e. The standard InChI is InChI=1S/C23H23F2N7O2S/c1-2-34-15-5-3-14(4-6-15)32-11-17(20(31-32)21-19(25)16(24)7-8-26-21)29-22(33)18-12-35-23(30-18)13-9-27-28-10-13/h7-12,14-15H,2-6H2,1H3,(H,27,28)(H,29,33)/t14-,15+. The van der Waals surface area contributed by atoms with Gasteiger partial charge in [0.2, 0.25) is 0 Å². The summed E-state index contributed by atoms with van der Waals surface area (Å²) in [7, 11) is 0. The first-order chi connectivity index (χ1) is 17.0. The van der Waals surface area contributed by atoms with Crippen molar-refractivity contribution in [1.82, 2.24) is 29.9 Å². The molecule has 4 aromatic heterocycles. The molecule has 4 aromatic rings. The van der Waals surface area contributed by atoms with Crippen molar-refractivity contribution in [2.24, 2.45) is 0 Å². The number of anilines is 1. The number of carbonyl (C=O) groups excluding carboxylic acids is 1. The summed E-state index contributed by atoms with van der Waals surface area (Å²) in [5.41, 5.74) is 0.981. The van der Waals surface area contributed by atoms with Crippen LogP contribution in [-0.2, 0) is 4.74 Å². The minimum atomic E-state index is -1.12. The zero-order valence-electron chi connectivity index (χ0n) is 18.9. The van der Waals surface area contributed by atoms with E-state index in [2.05, 4.69) is 30.6 Å². The largest absolute Gasteiger partial charge is 0.379 e. The van der Waals surface area contributed by atoms with Crippen LogP contribution in [-0.4, -0.2) is 48.6 Å². The van der Waals surface area contributed by atoms with Crippen LogP contribution in [0.2, 0.25) is 0 Å². The number of hydrogen-bond acceptors (Lipinski definition) is 7. The molecule has 12 heteroatoms. The highest BCUT2D eigenvalue weighted by molar-refractivity contribution is 7.13. The first kappa shape index (κ1) is 23.2. The summed E-state index contributed by atoms with van der Waals surface area (Å²) in [6.45, 7) is 2.64. The van der Waals surface area contributed by atoms with Gasteiger partial charge in [0.15, 0.2) is 11.6 Å². The van der Waals surface area contributed by atoms with Crippen LogP contribution in [0.15, 0.2) is 36.2 Å². The number of aromatic amines is 1. The Morgan fingerprint density at radius 3 is 2.86 bits per heavy atom. The Morgan fingerprint density at radius 1 is 1.29 bits per heavy atom. The molecule has 5 rings (SSSR count). The van der Waals surface area contributed by atoms with Gasteiger partial charge < -0.3 is 10.1 Å². The highest BCUT2D eigenvalue weighted by Gasteiger charge is 2.27. The van der Waals surface area contributed by atoms with Crippen molar-refractivity contribution < 1.29 is 18.3 Å². The Kier molecular flexibility index (Phi) is 6.64. The van der Waals surface area contributed by atoms with Gasteiger partial charge in [-0.05, 0) is 38.7 Å². The van der Waals surface area contributed by atoms with Crippen molar-refractivity contribution in [3.63, 3.8) is 0 Å². The lowest BCUT2D eigenvalue weighted by Crippen LogP contribution is -2.24. The monoisotopic (exact) mass is 499 g/mol. The van der Waals surface area contributed by atoms with Gasteiger partial charge in [-0.25, -0.2) is 13.8 Å². The highest BCUT2D eigenvalue weighted by Crippen LogP contribution is 2.34. The Hall–Kier alpha value is -3.51. The number of H-pyrrole nitrogens is 1. The fraction of sp³-hybridized carbons (Fsp3) is 0.348. The lowest BCUT2D eigenvalue weighted by atomic mass is 9.93. The number of amides is 1. The third-order valence-electron chi connectivity index (χ3n) is 5.95. The number of aromatic nitrogens is 6. The molecule has 0 bridgehead atoms. The van der Waals surface area contributed by atoms with Gasteiger partial charge in [0.05, 0.1) is 24.0 Å². The molecule has 0 saturated heterocycles. The second-order valence-corrected chi connectivity index (χ2v) is 9.05. The van der Waals surface area contributed by atoms with E-state index in [1.807, 2.05) is 6.92 Å². The summed E-state index contributed by atoms with van der Waals surface area (Å²) >= 11 is 1.30. The molecule has 1 aliphatic carbocycles. The van der Waals surface area contributed by atoms with E-state index in [0.29, 0.717) is 11.6 Å². The van der Waals surface area contributed by atoms with Gasteiger partial charge in [0.1, 0.15) is 22.1 Å². The van der Waals surface area contributed by atoms with Crippen molar-refractivity contribution >= 4 is 22.9 Å². The van der Waals surface area contributed by atoms with E-state index >= 15 is 0 Å². The fourth-order valence-corrected chi connectivity index (χ4v) is 4.99. The Bertz CT molecular complexity index is 1310. The molecule has 35 heavy (non-hydrogen) atoms. The van der Waals surface area contributed by atoms with E-state index in [4.69, 9.17) is 4.74 Å². The van der Waals surface area contributed by atoms with Crippen molar-refractivity contribution in [3.05, 3.63) is 53.6 Å². The van der Waals surface area contributed by atoms with Crippen LogP contribution in [0, 0.1) is 11.6 Å². The van der Waals surface area contributed by atoms with Crippen molar-refractivity contribution in [2.75, 3.05) is 11.9 Å². The van der Waals surface area contributed by atoms with Crippen LogP contribution in [0.4, 0.5) is 14.5 Å². The summed E-state index contributed by atoms with van der Waals surface area (Å²) in [5.74, 6) is -2.65. The smallest absolute Gasteiger partial charge is 0.275 e. The number of ether oxygens (including phenoxy) is 1. The number of rotatable bonds is 7. The SMILES string of the molecule is CCO[C@H]1CC[C@@H](n2cc(NC(=O)c3csc(-c4cn[nH]c4)n3)c(-c3nccc(F)c3F)n2)CC1. The maximum atomic E-state index is 14.6. The molecule has 0 aliphatic heterocycles. The maximum absolute atomic E-state index is 14.6. The van der Waals surface area contributed by atoms with Crippen LogP contribution in [0.1, 0.15) is 49.1 Å². The molecule has 0 radical (unpaired) electrons. The number of carbonyl (C=O) groups is 1. The zero-order chi connectivity index (χ0) is 24.4. The number of hydrogen-bond donors (Lipinski definition) is 2. The van der Waals surface area contributed by atoms with Crippen molar-refractivity contribution in [2.45, 2.75) is 44.8 Å². The molecule has 9 nitrogen and oxygen atoms in total. The highest BCUT2D eigenvalue weighted by atomic mass is 32.1. The number of pyridine rings is 1.